The maximum atomic E-state index is 5.23. The molecule has 4 heteroatoms. The Kier molecular flexibility index (Phi) is 6.25. The van der Waals surface area contributed by atoms with E-state index in [-0.39, 0.29) is 5.41 Å². The Morgan fingerprint density at radius 1 is 1.21 bits per heavy atom. The van der Waals surface area contributed by atoms with Gasteiger partial charge in [-0.15, -0.1) is 0 Å². The first-order chi connectivity index (χ1) is 8.93. The molecule has 0 aliphatic carbocycles. The van der Waals surface area contributed by atoms with Crippen LogP contribution < -0.4 is 10.6 Å². The molecule has 19 heavy (non-hydrogen) atoms. The van der Waals surface area contributed by atoms with E-state index in [0.29, 0.717) is 5.11 Å². The highest BCUT2D eigenvalue weighted by atomic mass is 32.1. The van der Waals surface area contributed by atoms with Gasteiger partial charge in [0.1, 0.15) is 0 Å². The van der Waals surface area contributed by atoms with Gasteiger partial charge in [0.05, 0.1) is 0 Å². The Labute approximate surface area is 121 Å². The average Bonchev–Trinajstić information content (AvgIpc) is 2.34. The topological polar surface area (TPSA) is 33.3 Å². The first-order valence-electron chi connectivity index (χ1n) is 6.58. The maximum Gasteiger partial charge on any atom is 0.170 e. The number of thiocarbonyl (C=S) groups is 1. The van der Waals surface area contributed by atoms with Gasteiger partial charge in [-0.2, -0.15) is 0 Å². The van der Waals surface area contributed by atoms with Crippen LogP contribution >= 0.6 is 12.2 Å². The summed E-state index contributed by atoms with van der Waals surface area (Å²) < 4.78 is 4.98. The number of hydrogen-bond acceptors (Lipinski definition) is 2. The van der Waals surface area contributed by atoms with Crippen molar-refractivity contribution in [1.82, 2.24) is 5.32 Å². The zero-order valence-electron chi connectivity index (χ0n) is 12.2. The summed E-state index contributed by atoms with van der Waals surface area (Å²) in [7, 11) is 1.70. The van der Waals surface area contributed by atoms with Crippen LogP contribution in [0.25, 0.3) is 0 Å². The van der Waals surface area contributed by atoms with Crippen LogP contribution in [-0.4, -0.2) is 25.4 Å². The van der Waals surface area contributed by atoms with E-state index in [4.69, 9.17) is 17.0 Å². The van der Waals surface area contributed by atoms with E-state index in [1.165, 1.54) is 5.56 Å². The fourth-order valence-corrected chi connectivity index (χ4v) is 1.87. The molecule has 0 aromatic heterocycles. The van der Waals surface area contributed by atoms with Crippen LogP contribution in [0.4, 0.5) is 5.69 Å². The molecule has 0 radical (unpaired) electrons. The average molecular weight is 280 g/mol. The zero-order chi connectivity index (χ0) is 14.3. The van der Waals surface area contributed by atoms with E-state index in [0.717, 1.165) is 25.3 Å². The molecule has 0 saturated carbocycles. The van der Waals surface area contributed by atoms with E-state index in [1.807, 2.05) is 0 Å². The molecule has 0 aliphatic rings. The summed E-state index contributed by atoms with van der Waals surface area (Å²) in [6.45, 7) is 8.18. The van der Waals surface area contributed by atoms with Crippen molar-refractivity contribution in [3.63, 3.8) is 0 Å². The standard InChI is InChI=1S/C15H24N2OS/c1-15(2,3)12-6-8-13(9-7-12)17-14(19)16-10-5-11-18-4/h6-9H,5,10-11H2,1-4H3,(H2,16,17,19). The molecule has 0 saturated heterocycles. The first-order valence-corrected chi connectivity index (χ1v) is 6.98. The second-order valence-corrected chi connectivity index (χ2v) is 5.96. The molecular weight excluding hydrogens is 256 g/mol. The lowest BCUT2D eigenvalue weighted by molar-refractivity contribution is 0.196. The molecule has 106 valence electrons. The van der Waals surface area contributed by atoms with Crippen LogP contribution in [0.15, 0.2) is 24.3 Å². The van der Waals surface area contributed by atoms with Crippen LogP contribution in [0, 0.1) is 0 Å². The van der Waals surface area contributed by atoms with Crippen molar-refractivity contribution >= 4 is 23.0 Å². The van der Waals surface area contributed by atoms with Gasteiger partial charge < -0.3 is 15.4 Å². The lowest BCUT2D eigenvalue weighted by Crippen LogP contribution is -2.29. The second-order valence-electron chi connectivity index (χ2n) is 5.55. The Hall–Kier alpha value is -1.13. The Morgan fingerprint density at radius 2 is 1.84 bits per heavy atom. The molecule has 0 unspecified atom stereocenters. The number of rotatable bonds is 5. The van der Waals surface area contributed by atoms with E-state index >= 15 is 0 Å². The van der Waals surface area contributed by atoms with Gasteiger partial charge in [-0.25, -0.2) is 0 Å². The number of benzene rings is 1. The second kappa shape index (κ2) is 7.46. The minimum absolute atomic E-state index is 0.178. The van der Waals surface area contributed by atoms with Gasteiger partial charge in [-0.3, -0.25) is 0 Å². The van der Waals surface area contributed by atoms with E-state index < -0.39 is 0 Å². The highest BCUT2D eigenvalue weighted by Gasteiger charge is 2.12. The normalized spacial score (nSPS) is 11.2. The molecular formula is C15H24N2OS. The minimum Gasteiger partial charge on any atom is -0.385 e. The van der Waals surface area contributed by atoms with Crippen molar-refractivity contribution in [3.8, 4) is 0 Å². The van der Waals surface area contributed by atoms with E-state index in [2.05, 4.69) is 55.7 Å². The number of anilines is 1. The van der Waals surface area contributed by atoms with Crippen LogP contribution in [0.5, 0.6) is 0 Å². The molecule has 0 heterocycles. The largest absolute Gasteiger partial charge is 0.385 e. The van der Waals surface area contributed by atoms with Gasteiger partial charge in [-0.05, 0) is 41.7 Å². The van der Waals surface area contributed by atoms with Gasteiger partial charge in [-0.1, -0.05) is 32.9 Å². The highest BCUT2D eigenvalue weighted by molar-refractivity contribution is 7.80. The maximum absolute atomic E-state index is 5.23. The molecule has 3 nitrogen and oxygen atoms in total. The Morgan fingerprint density at radius 3 is 2.37 bits per heavy atom. The molecule has 0 bridgehead atoms. The summed E-state index contributed by atoms with van der Waals surface area (Å²) >= 11 is 5.23. The molecule has 2 N–H and O–H groups in total. The lowest BCUT2D eigenvalue weighted by atomic mass is 9.87. The van der Waals surface area contributed by atoms with Gasteiger partial charge in [0, 0.05) is 25.9 Å². The fourth-order valence-electron chi connectivity index (χ4n) is 1.65. The van der Waals surface area contributed by atoms with Gasteiger partial charge in [0.15, 0.2) is 5.11 Å². The smallest absolute Gasteiger partial charge is 0.170 e. The highest BCUT2D eigenvalue weighted by Crippen LogP contribution is 2.23. The fraction of sp³-hybridized carbons (Fsp3) is 0.533. The summed E-state index contributed by atoms with van der Waals surface area (Å²) in [5.74, 6) is 0. The summed E-state index contributed by atoms with van der Waals surface area (Å²) in [4.78, 5) is 0. The molecule has 1 aromatic rings. The molecule has 1 aromatic carbocycles. The van der Waals surface area contributed by atoms with Crippen molar-refractivity contribution in [2.45, 2.75) is 32.6 Å². The van der Waals surface area contributed by atoms with E-state index in [9.17, 15) is 0 Å². The molecule has 0 amide bonds. The predicted molar refractivity (Wildman–Crippen MR) is 85.9 cm³/mol. The quantitative estimate of drug-likeness (QED) is 0.640. The Bertz CT molecular complexity index is 396. The molecule has 0 aliphatic heterocycles. The minimum atomic E-state index is 0.178. The molecule has 0 spiro atoms. The third kappa shape index (κ3) is 6.03. The summed E-state index contributed by atoms with van der Waals surface area (Å²) in [6.07, 6.45) is 0.946. The summed E-state index contributed by atoms with van der Waals surface area (Å²) in [5.41, 5.74) is 2.51. The van der Waals surface area contributed by atoms with Crippen molar-refractivity contribution in [3.05, 3.63) is 29.8 Å². The van der Waals surface area contributed by atoms with Crippen molar-refractivity contribution in [2.24, 2.45) is 0 Å². The predicted octanol–water partition coefficient (Wildman–Crippen LogP) is 3.31. The summed E-state index contributed by atoms with van der Waals surface area (Å²) in [5, 5.41) is 6.98. The zero-order valence-corrected chi connectivity index (χ0v) is 13.1. The lowest BCUT2D eigenvalue weighted by Gasteiger charge is -2.19. The number of methoxy groups -OCH3 is 1. The monoisotopic (exact) mass is 280 g/mol. The van der Waals surface area contributed by atoms with Crippen LogP contribution in [0.1, 0.15) is 32.8 Å². The molecule has 0 atom stereocenters. The van der Waals surface area contributed by atoms with Gasteiger partial charge >= 0.3 is 0 Å². The third-order valence-corrected chi connectivity index (χ3v) is 3.07. The van der Waals surface area contributed by atoms with Crippen LogP contribution in [0.2, 0.25) is 0 Å². The van der Waals surface area contributed by atoms with Gasteiger partial charge in [0.2, 0.25) is 0 Å². The van der Waals surface area contributed by atoms with Gasteiger partial charge in [0.25, 0.3) is 0 Å². The third-order valence-electron chi connectivity index (χ3n) is 2.82. The summed E-state index contributed by atoms with van der Waals surface area (Å²) in [6, 6.07) is 8.39. The molecule has 0 fully saturated rings. The Balaban J connectivity index is 2.43. The number of nitrogens with one attached hydrogen (secondary N) is 2. The van der Waals surface area contributed by atoms with Crippen molar-refractivity contribution in [1.29, 1.82) is 0 Å². The van der Waals surface area contributed by atoms with Crippen LogP contribution in [-0.2, 0) is 10.2 Å². The molecule has 1 rings (SSSR count). The SMILES string of the molecule is COCCCNC(=S)Nc1ccc(C(C)(C)C)cc1. The van der Waals surface area contributed by atoms with Crippen molar-refractivity contribution < 1.29 is 4.74 Å². The van der Waals surface area contributed by atoms with Crippen molar-refractivity contribution in [2.75, 3.05) is 25.6 Å². The van der Waals surface area contributed by atoms with E-state index in [1.54, 1.807) is 7.11 Å². The first kappa shape index (κ1) is 15.9. The van der Waals surface area contributed by atoms with Crippen LogP contribution in [0.3, 0.4) is 0 Å². The number of hydrogen-bond donors (Lipinski definition) is 2. The number of ether oxygens (including phenoxy) is 1.